The van der Waals surface area contributed by atoms with Crippen LogP contribution in [0, 0.1) is 6.92 Å². The van der Waals surface area contributed by atoms with Gasteiger partial charge in [0.2, 0.25) is 11.1 Å². The first-order chi connectivity index (χ1) is 13.6. The molecule has 144 valence electrons. The highest BCUT2D eigenvalue weighted by Gasteiger charge is 2.22. The summed E-state index contributed by atoms with van der Waals surface area (Å²) in [5.74, 6) is 6.96. The van der Waals surface area contributed by atoms with Crippen molar-refractivity contribution in [2.75, 3.05) is 11.6 Å². The minimum absolute atomic E-state index is 0.0217. The van der Waals surface area contributed by atoms with E-state index in [0.717, 1.165) is 24.8 Å². The molecule has 0 aliphatic heterocycles. The molecule has 1 aromatic heterocycles. The van der Waals surface area contributed by atoms with E-state index >= 15 is 0 Å². The maximum atomic E-state index is 12.5. The fourth-order valence-electron chi connectivity index (χ4n) is 3.54. The van der Waals surface area contributed by atoms with E-state index in [1.54, 1.807) is 0 Å². The fraction of sp³-hybridized carbons (Fsp3) is 0.286. The largest absolute Gasteiger partial charge is 0.349 e. The molecule has 0 saturated carbocycles. The topological polar surface area (TPSA) is 85.8 Å². The van der Waals surface area contributed by atoms with Crippen molar-refractivity contribution < 1.29 is 4.79 Å². The summed E-state index contributed by atoms with van der Waals surface area (Å²) in [6.45, 7) is 2.03. The molecule has 4 rings (SSSR count). The molecule has 1 aliphatic carbocycles. The monoisotopic (exact) mass is 393 g/mol. The molecule has 1 heterocycles. The van der Waals surface area contributed by atoms with Crippen LogP contribution in [0.2, 0.25) is 0 Å². The number of amides is 1. The summed E-state index contributed by atoms with van der Waals surface area (Å²) in [6.07, 6.45) is 3.14. The van der Waals surface area contributed by atoms with Crippen LogP contribution in [0.5, 0.6) is 0 Å². The molecule has 0 fully saturated rings. The van der Waals surface area contributed by atoms with Gasteiger partial charge in [0, 0.05) is 5.56 Å². The maximum absolute atomic E-state index is 12.5. The molecular weight excluding hydrogens is 370 g/mol. The predicted octanol–water partition coefficient (Wildman–Crippen LogP) is 3.25. The van der Waals surface area contributed by atoms with Crippen molar-refractivity contribution in [2.45, 2.75) is 37.4 Å². The zero-order valence-electron chi connectivity index (χ0n) is 15.8. The number of nitrogens with one attached hydrogen (secondary N) is 1. The number of nitrogen functional groups attached to an aromatic ring is 1. The molecule has 1 atom stereocenters. The minimum Gasteiger partial charge on any atom is -0.349 e. The molecule has 0 saturated heterocycles. The van der Waals surface area contributed by atoms with Crippen LogP contribution in [0.25, 0.3) is 11.4 Å². The van der Waals surface area contributed by atoms with E-state index in [1.807, 2.05) is 37.3 Å². The lowest BCUT2D eigenvalue weighted by Crippen LogP contribution is -2.32. The van der Waals surface area contributed by atoms with E-state index in [0.29, 0.717) is 11.0 Å². The second-order valence-corrected chi connectivity index (χ2v) is 7.98. The van der Waals surface area contributed by atoms with Crippen molar-refractivity contribution in [1.82, 2.24) is 20.2 Å². The standard InChI is InChI=1S/C21H23N5OS/c1-14-9-11-16(12-10-14)20-24-25-21(26(20)22)28-13-19(27)23-18-8-4-6-15-5-2-3-7-17(15)18/h2-3,5,7,9-12,18H,4,6,8,13,22H2,1H3,(H,23,27)/t18-/m0/s1. The SMILES string of the molecule is Cc1ccc(-c2nnc(SCC(=O)N[C@H]3CCCc4ccccc43)n2N)cc1. The molecule has 0 spiro atoms. The number of nitrogens with zero attached hydrogens (tertiary/aromatic N) is 3. The number of benzene rings is 2. The Hall–Kier alpha value is -2.80. The van der Waals surface area contributed by atoms with Gasteiger partial charge in [-0.1, -0.05) is 65.9 Å². The quantitative estimate of drug-likeness (QED) is 0.513. The van der Waals surface area contributed by atoms with Crippen LogP contribution in [-0.2, 0) is 11.2 Å². The number of rotatable bonds is 5. The second-order valence-electron chi connectivity index (χ2n) is 7.04. The normalized spacial score (nSPS) is 15.8. The molecule has 0 unspecified atom stereocenters. The van der Waals surface area contributed by atoms with Crippen molar-refractivity contribution in [3.63, 3.8) is 0 Å². The van der Waals surface area contributed by atoms with Gasteiger partial charge in [-0.15, -0.1) is 10.2 Å². The number of aryl methyl sites for hydroxylation is 2. The zero-order valence-corrected chi connectivity index (χ0v) is 16.6. The fourth-order valence-corrected chi connectivity index (χ4v) is 4.21. The maximum Gasteiger partial charge on any atom is 0.230 e. The van der Waals surface area contributed by atoms with Crippen LogP contribution < -0.4 is 11.2 Å². The van der Waals surface area contributed by atoms with Crippen molar-refractivity contribution in [3.8, 4) is 11.4 Å². The summed E-state index contributed by atoms with van der Waals surface area (Å²) in [5, 5.41) is 12.0. The Bertz CT molecular complexity index is 983. The third kappa shape index (κ3) is 3.89. The van der Waals surface area contributed by atoms with Crippen molar-refractivity contribution in [1.29, 1.82) is 0 Å². The van der Waals surface area contributed by atoms with Gasteiger partial charge in [-0.2, -0.15) is 0 Å². The number of aromatic nitrogens is 3. The van der Waals surface area contributed by atoms with Crippen molar-refractivity contribution in [3.05, 3.63) is 65.2 Å². The van der Waals surface area contributed by atoms with Crippen LogP contribution in [0.15, 0.2) is 53.7 Å². The Labute approximate surface area is 168 Å². The third-order valence-electron chi connectivity index (χ3n) is 5.01. The highest BCUT2D eigenvalue weighted by Crippen LogP contribution is 2.29. The van der Waals surface area contributed by atoms with E-state index in [4.69, 9.17) is 5.84 Å². The Morgan fingerprint density at radius 3 is 2.82 bits per heavy atom. The van der Waals surface area contributed by atoms with Crippen LogP contribution in [0.3, 0.4) is 0 Å². The number of carbonyl (C=O) groups is 1. The molecule has 3 aromatic rings. The Morgan fingerprint density at radius 1 is 1.21 bits per heavy atom. The number of thioether (sulfide) groups is 1. The molecule has 6 nitrogen and oxygen atoms in total. The molecule has 7 heteroatoms. The summed E-state index contributed by atoms with van der Waals surface area (Å²) in [4.78, 5) is 12.5. The number of nitrogens with two attached hydrogens (primary N) is 1. The van der Waals surface area contributed by atoms with Gasteiger partial charge in [0.15, 0.2) is 5.82 Å². The van der Waals surface area contributed by atoms with Gasteiger partial charge in [0.05, 0.1) is 11.8 Å². The number of carbonyl (C=O) groups excluding carboxylic acids is 1. The van der Waals surface area contributed by atoms with Crippen LogP contribution in [0.4, 0.5) is 0 Å². The van der Waals surface area contributed by atoms with E-state index in [9.17, 15) is 4.79 Å². The summed E-state index contributed by atoms with van der Waals surface area (Å²) in [7, 11) is 0. The number of hydrogen-bond donors (Lipinski definition) is 2. The lowest BCUT2D eigenvalue weighted by molar-refractivity contribution is -0.119. The van der Waals surface area contributed by atoms with Gasteiger partial charge in [0.1, 0.15) is 0 Å². The average molecular weight is 394 g/mol. The molecule has 1 amide bonds. The van der Waals surface area contributed by atoms with E-state index in [2.05, 4.69) is 33.7 Å². The minimum atomic E-state index is -0.0217. The lowest BCUT2D eigenvalue weighted by atomic mass is 9.88. The number of hydrogen-bond acceptors (Lipinski definition) is 5. The Kier molecular flexibility index (Phi) is 5.34. The van der Waals surface area contributed by atoms with Gasteiger partial charge in [-0.25, -0.2) is 4.68 Å². The summed E-state index contributed by atoms with van der Waals surface area (Å²) < 4.78 is 1.44. The van der Waals surface area contributed by atoms with Crippen LogP contribution >= 0.6 is 11.8 Å². The lowest BCUT2D eigenvalue weighted by Gasteiger charge is -2.26. The first kappa shape index (κ1) is 18.6. The second kappa shape index (κ2) is 8.06. The predicted molar refractivity (Wildman–Crippen MR) is 111 cm³/mol. The van der Waals surface area contributed by atoms with E-state index < -0.39 is 0 Å². The van der Waals surface area contributed by atoms with E-state index in [-0.39, 0.29) is 17.7 Å². The van der Waals surface area contributed by atoms with Crippen LogP contribution in [0.1, 0.15) is 35.6 Å². The first-order valence-corrected chi connectivity index (χ1v) is 10.4. The van der Waals surface area contributed by atoms with Crippen molar-refractivity contribution >= 4 is 17.7 Å². The Morgan fingerprint density at radius 2 is 2.00 bits per heavy atom. The van der Waals surface area contributed by atoms with Gasteiger partial charge >= 0.3 is 0 Å². The highest BCUT2D eigenvalue weighted by molar-refractivity contribution is 7.99. The molecule has 1 aliphatic rings. The van der Waals surface area contributed by atoms with Crippen molar-refractivity contribution in [2.24, 2.45) is 0 Å². The molecule has 0 bridgehead atoms. The zero-order chi connectivity index (χ0) is 19.5. The van der Waals surface area contributed by atoms with Gasteiger partial charge in [0.25, 0.3) is 0 Å². The summed E-state index contributed by atoms with van der Waals surface area (Å²) >= 11 is 1.30. The third-order valence-corrected chi connectivity index (χ3v) is 5.95. The molecule has 28 heavy (non-hydrogen) atoms. The Balaban J connectivity index is 1.39. The van der Waals surface area contributed by atoms with Gasteiger partial charge in [-0.05, 0) is 37.3 Å². The summed E-state index contributed by atoms with van der Waals surface area (Å²) in [6, 6.07) is 16.4. The molecule has 2 aromatic carbocycles. The molecular formula is C21H23N5OS. The highest BCUT2D eigenvalue weighted by atomic mass is 32.2. The van der Waals surface area contributed by atoms with Gasteiger partial charge < -0.3 is 11.2 Å². The van der Waals surface area contributed by atoms with Gasteiger partial charge in [-0.3, -0.25) is 4.79 Å². The first-order valence-electron chi connectivity index (χ1n) is 9.39. The molecule has 3 N–H and O–H groups in total. The smallest absolute Gasteiger partial charge is 0.230 e. The van der Waals surface area contributed by atoms with E-state index in [1.165, 1.54) is 33.1 Å². The number of fused-ring (bicyclic) bond motifs is 1. The average Bonchev–Trinajstić information content (AvgIpc) is 3.08. The molecule has 0 radical (unpaired) electrons. The summed E-state index contributed by atoms with van der Waals surface area (Å²) in [5.41, 5.74) is 4.63. The van der Waals surface area contributed by atoms with Crippen LogP contribution in [-0.4, -0.2) is 26.5 Å².